The number of benzene rings is 1. The summed E-state index contributed by atoms with van der Waals surface area (Å²) >= 11 is 0. The number of phenols is 1. The van der Waals surface area contributed by atoms with Crippen molar-refractivity contribution in [2.75, 3.05) is 13.7 Å². The van der Waals surface area contributed by atoms with Gasteiger partial charge in [0.25, 0.3) is 0 Å². The van der Waals surface area contributed by atoms with Gasteiger partial charge in [0.2, 0.25) is 0 Å². The highest BCUT2D eigenvalue weighted by Gasteiger charge is 2.17. The summed E-state index contributed by atoms with van der Waals surface area (Å²) in [6.07, 6.45) is 0. The molecule has 1 aromatic rings. The smallest absolute Gasteiger partial charge is 0.163 e. The zero-order valence-electron chi connectivity index (χ0n) is 9.66. The summed E-state index contributed by atoms with van der Waals surface area (Å²) in [6, 6.07) is 1.90. The summed E-state index contributed by atoms with van der Waals surface area (Å²) in [5.41, 5.74) is 2.72. The number of aliphatic hydroxyl groups excluding tert-OH is 1. The zero-order chi connectivity index (χ0) is 11.6. The maximum atomic E-state index is 9.96. The average molecular weight is 210 g/mol. The van der Waals surface area contributed by atoms with Crippen LogP contribution >= 0.6 is 0 Å². The predicted molar refractivity (Wildman–Crippen MR) is 59.6 cm³/mol. The van der Waals surface area contributed by atoms with Crippen molar-refractivity contribution in [2.45, 2.75) is 26.7 Å². The van der Waals surface area contributed by atoms with Gasteiger partial charge < -0.3 is 14.9 Å². The first-order chi connectivity index (χ1) is 7.02. The number of aryl methyl sites for hydroxylation is 1. The quantitative estimate of drug-likeness (QED) is 0.803. The SMILES string of the molecule is COc1c(C)c(C)cc(C(C)CO)c1O. The van der Waals surface area contributed by atoms with E-state index < -0.39 is 0 Å². The molecule has 15 heavy (non-hydrogen) atoms. The number of methoxy groups -OCH3 is 1. The number of ether oxygens (including phenoxy) is 1. The molecule has 0 aliphatic carbocycles. The first-order valence-corrected chi connectivity index (χ1v) is 5.00. The normalized spacial score (nSPS) is 12.6. The van der Waals surface area contributed by atoms with E-state index >= 15 is 0 Å². The van der Waals surface area contributed by atoms with Crippen molar-refractivity contribution in [1.82, 2.24) is 0 Å². The monoisotopic (exact) mass is 210 g/mol. The van der Waals surface area contributed by atoms with Crippen LogP contribution in [-0.2, 0) is 0 Å². The molecule has 1 unspecified atom stereocenters. The van der Waals surface area contributed by atoms with Gasteiger partial charge in [-0.3, -0.25) is 0 Å². The average Bonchev–Trinajstić information content (AvgIpc) is 2.23. The van der Waals surface area contributed by atoms with Crippen molar-refractivity contribution in [1.29, 1.82) is 0 Å². The first kappa shape index (κ1) is 11.9. The molecule has 0 bridgehead atoms. The standard InChI is InChI=1S/C12H18O3/c1-7-5-10(8(2)6-13)11(14)12(15-4)9(7)3/h5,8,13-14H,6H2,1-4H3. The summed E-state index contributed by atoms with van der Waals surface area (Å²) in [5, 5.41) is 19.0. The molecule has 0 fully saturated rings. The van der Waals surface area contributed by atoms with Crippen LogP contribution in [0.4, 0.5) is 0 Å². The molecule has 3 heteroatoms. The fourth-order valence-corrected chi connectivity index (χ4v) is 1.62. The molecule has 0 aromatic heterocycles. The second-order valence-corrected chi connectivity index (χ2v) is 3.87. The highest BCUT2D eigenvalue weighted by Crippen LogP contribution is 2.38. The lowest BCUT2D eigenvalue weighted by atomic mass is 9.95. The van der Waals surface area contributed by atoms with Crippen molar-refractivity contribution in [3.8, 4) is 11.5 Å². The maximum absolute atomic E-state index is 9.96. The van der Waals surface area contributed by atoms with E-state index in [1.165, 1.54) is 7.11 Å². The van der Waals surface area contributed by atoms with Gasteiger partial charge in [0, 0.05) is 18.1 Å². The van der Waals surface area contributed by atoms with Gasteiger partial charge in [0.05, 0.1) is 7.11 Å². The molecule has 1 rings (SSSR count). The third kappa shape index (κ3) is 2.07. The molecule has 0 saturated heterocycles. The van der Waals surface area contributed by atoms with E-state index in [1.807, 2.05) is 26.8 Å². The molecule has 0 amide bonds. The predicted octanol–water partition coefficient (Wildman–Crippen LogP) is 2.11. The molecular weight excluding hydrogens is 192 g/mol. The van der Waals surface area contributed by atoms with E-state index in [9.17, 15) is 5.11 Å². The fraction of sp³-hybridized carbons (Fsp3) is 0.500. The van der Waals surface area contributed by atoms with Crippen LogP contribution in [0.25, 0.3) is 0 Å². The van der Waals surface area contributed by atoms with Crippen molar-refractivity contribution in [3.63, 3.8) is 0 Å². The molecule has 0 spiro atoms. The van der Waals surface area contributed by atoms with Gasteiger partial charge in [0.15, 0.2) is 11.5 Å². The van der Waals surface area contributed by atoms with Crippen LogP contribution in [0.15, 0.2) is 6.07 Å². The molecule has 3 nitrogen and oxygen atoms in total. The third-order valence-electron chi connectivity index (χ3n) is 2.80. The van der Waals surface area contributed by atoms with Crippen LogP contribution < -0.4 is 4.74 Å². The van der Waals surface area contributed by atoms with Crippen LogP contribution in [-0.4, -0.2) is 23.9 Å². The summed E-state index contributed by atoms with van der Waals surface area (Å²) < 4.78 is 5.16. The minimum absolute atomic E-state index is 0.0131. The lowest BCUT2D eigenvalue weighted by Crippen LogP contribution is -2.02. The highest BCUT2D eigenvalue weighted by molar-refractivity contribution is 5.55. The van der Waals surface area contributed by atoms with Crippen LogP contribution in [0.3, 0.4) is 0 Å². The largest absolute Gasteiger partial charge is 0.504 e. The summed E-state index contributed by atoms with van der Waals surface area (Å²) in [5.74, 6) is 0.561. The molecule has 0 aliphatic rings. The molecule has 0 saturated carbocycles. The van der Waals surface area contributed by atoms with Crippen molar-refractivity contribution in [3.05, 3.63) is 22.8 Å². The fourth-order valence-electron chi connectivity index (χ4n) is 1.62. The Kier molecular flexibility index (Phi) is 3.58. The maximum Gasteiger partial charge on any atom is 0.163 e. The van der Waals surface area contributed by atoms with Crippen LogP contribution in [0, 0.1) is 13.8 Å². The summed E-state index contributed by atoms with van der Waals surface area (Å²) in [6.45, 7) is 5.74. The Morgan fingerprint density at radius 1 is 1.40 bits per heavy atom. The van der Waals surface area contributed by atoms with E-state index in [2.05, 4.69) is 0 Å². The molecular formula is C12H18O3. The van der Waals surface area contributed by atoms with Crippen LogP contribution in [0.5, 0.6) is 11.5 Å². The lowest BCUT2D eigenvalue weighted by Gasteiger charge is -2.17. The minimum Gasteiger partial charge on any atom is -0.504 e. The third-order valence-corrected chi connectivity index (χ3v) is 2.80. The summed E-state index contributed by atoms with van der Waals surface area (Å²) in [4.78, 5) is 0. The lowest BCUT2D eigenvalue weighted by molar-refractivity contribution is 0.269. The topological polar surface area (TPSA) is 49.7 Å². The number of hydrogen-bond acceptors (Lipinski definition) is 3. The number of hydrogen-bond donors (Lipinski definition) is 2. The molecule has 0 aliphatic heterocycles. The molecule has 84 valence electrons. The molecule has 0 radical (unpaired) electrons. The molecule has 2 N–H and O–H groups in total. The second-order valence-electron chi connectivity index (χ2n) is 3.87. The van der Waals surface area contributed by atoms with Crippen LogP contribution in [0.1, 0.15) is 29.5 Å². The van der Waals surface area contributed by atoms with Crippen molar-refractivity contribution < 1.29 is 14.9 Å². The van der Waals surface area contributed by atoms with Gasteiger partial charge >= 0.3 is 0 Å². The van der Waals surface area contributed by atoms with E-state index in [0.29, 0.717) is 5.75 Å². The number of aromatic hydroxyl groups is 1. The number of rotatable bonds is 3. The van der Waals surface area contributed by atoms with E-state index in [1.54, 1.807) is 0 Å². The Labute approximate surface area is 90.3 Å². The Morgan fingerprint density at radius 3 is 2.47 bits per heavy atom. The molecule has 1 aromatic carbocycles. The molecule has 0 heterocycles. The Bertz CT molecular complexity index is 358. The summed E-state index contributed by atoms with van der Waals surface area (Å²) in [7, 11) is 1.54. The highest BCUT2D eigenvalue weighted by atomic mass is 16.5. The second kappa shape index (κ2) is 4.53. The minimum atomic E-state index is -0.0850. The van der Waals surface area contributed by atoms with Crippen molar-refractivity contribution in [2.24, 2.45) is 0 Å². The Morgan fingerprint density at radius 2 is 2.00 bits per heavy atom. The zero-order valence-corrected chi connectivity index (χ0v) is 9.66. The first-order valence-electron chi connectivity index (χ1n) is 5.00. The van der Waals surface area contributed by atoms with Crippen molar-refractivity contribution >= 4 is 0 Å². The van der Waals surface area contributed by atoms with Gasteiger partial charge in [0.1, 0.15) is 0 Å². The number of aliphatic hydroxyl groups is 1. The van der Waals surface area contributed by atoms with E-state index in [0.717, 1.165) is 16.7 Å². The Balaban J connectivity index is 3.36. The Hall–Kier alpha value is -1.22. The van der Waals surface area contributed by atoms with Gasteiger partial charge in [-0.15, -0.1) is 0 Å². The van der Waals surface area contributed by atoms with Gasteiger partial charge in [-0.25, -0.2) is 0 Å². The van der Waals surface area contributed by atoms with Gasteiger partial charge in [-0.05, 0) is 25.0 Å². The molecule has 1 atom stereocenters. The van der Waals surface area contributed by atoms with Gasteiger partial charge in [-0.2, -0.15) is 0 Å². The van der Waals surface area contributed by atoms with E-state index in [-0.39, 0.29) is 18.3 Å². The van der Waals surface area contributed by atoms with E-state index in [4.69, 9.17) is 9.84 Å². The van der Waals surface area contributed by atoms with Gasteiger partial charge in [-0.1, -0.05) is 13.0 Å². The van der Waals surface area contributed by atoms with Crippen LogP contribution in [0.2, 0.25) is 0 Å². The number of phenolic OH excluding ortho intramolecular Hbond substituents is 1.